The third kappa shape index (κ3) is 3.85. The molecule has 9 heteroatoms. The summed E-state index contributed by atoms with van der Waals surface area (Å²) in [5, 5.41) is 21.2. The molecule has 0 aliphatic carbocycles. The van der Waals surface area contributed by atoms with E-state index in [1.54, 1.807) is 12.1 Å². The van der Waals surface area contributed by atoms with Gasteiger partial charge in [-0.1, -0.05) is 30.3 Å². The van der Waals surface area contributed by atoms with E-state index in [0.717, 1.165) is 11.3 Å². The third-order valence-corrected chi connectivity index (χ3v) is 4.94. The van der Waals surface area contributed by atoms with E-state index in [1.807, 2.05) is 40.3 Å². The first-order chi connectivity index (χ1) is 14.1. The number of rotatable bonds is 4. The van der Waals surface area contributed by atoms with Crippen LogP contribution in [0.3, 0.4) is 0 Å². The van der Waals surface area contributed by atoms with Gasteiger partial charge in [-0.2, -0.15) is 4.99 Å². The zero-order valence-corrected chi connectivity index (χ0v) is 15.8. The van der Waals surface area contributed by atoms with Crippen molar-refractivity contribution in [3.63, 3.8) is 0 Å². The number of non-ortho nitro benzene ring substituents is 1. The van der Waals surface area contributed by atoms with Crippen molar-refractivity contribution in [2.75, 3.05) is 0 Å². The number of hydrogen-bond acceptors (Lipinski definition) is 6. The van der Waals surface area contributed by atoms with Crippen molar-refractivity contribution < 1.29 is 4.92 Å². The molecule has 0 unspecified atom stereocenters. The van der Waals surface area contributed by atoms with E-state index in [-0.39, 0.29) is 11.5 Å². The summed E-state index contributed by atoms with van der Waals surface area (Å²) in [7, 11) is 0. The molecule has 29 heavy (non-hydrogen) atoms. The Morgan fingerprint density at radius 3 is 2.52 bits per heavy atom. The molecule has 0 aliphatic rings. The summed E-state index contributed by atoms with van der Waals surface area (Å²) in [6.07, 6.45) is 4.52. The highest BCUT2D eigenvalue weighted by Crippen LogP contribution is 2.24. The van der Waals surface area contributed by atoms with Crippen molar-refractivity contribution in [2.45, 2.75) is 0 Å². The van der Waals surface area contributed by atoms with Crippen molar-refractivity contribution in [3.05, 3.63) is 99.2 Å². The van der Waals surface area contributed by atoms with E-state index in [1.165, 1.54) is 42.1 Å². The Morgan fingerprint density at radius 2 is 1.86 bits per heavy atom. The Kier molecular flexibility index (Phi) is 5.04. The van der Waals surface area contributed by atoms with Crippen LogP contribution in [-0.2, 0) is 0 Å². The Labute approximate surface area is 169 Å². The maximum absolute atomic E-state index is 11.0. The molecule has 142 valence electrons. The number of nitrogens with zero attached hydrogens (tertiary/aromatic N) is 5. The normalized spacial score (nSPS) is 11.4. The second-order valence-corrected chi connectivity index (χ2v) is 6.77. The van der Waals surface area contributed by atoms with E-state index < -0.39 is 4.92 Å². The molecule has 4 aromatic rings. The first kappa shape index (κ1) is 18.4. The zero-order chi connectivity index (χ0) is 20.2. The van der Waals surface area contributed by atoms with E-state index in [2.05, 4.69) is 15.0 Å². The van der Waals surface area contributed by atoms with Crippen LogP contribution in [0.2, 0.25) is 0 Å². The lowest BCUT2D eigenvalue weighted by molar-refractivity contribution is -0.384. The molecule has 0 atom stereocenters. The Morgan fingerprint density at radius 1 is 1.10 bits per heavy atom. The quantitative estimate of drug-likeness (QED) is 0.242. The van der Waals surface area contributed by atoms with Gasteiger partial charge in [0.1, 0.15) is 5.69 Å². The first-order valence-electron chi connectivity index (χ1n) is 8.54. The van der Waals surface area contributed by atoms with Crippen molar-refractivity contribution >= 4 is 22.9 Å². The zero-order valence-electron chi connectivity index (χ0n) is 15.0. The summed E-state index contributed by atoms with van der Waals surface area (Å²) in [5.74, 6) is -0.0183. The molecule has 2 aromatic heterocycles. The number of benzene rings is 2. The standard InChI is InChI=1S/C20H14N6O2S/c21-19(17-12-22-10-11-23-17)24-20-25(15-6-8-16(9-7-15)26(27)28)18(13-29-20)14-4-2-1-3-5-14/h1-13,21H. The molecule has 0 amide bonds. The van der Waals surface area contributed by atoms with Gasteiger partial charge in [-0.05, 0) is 17.7 Å². The Balaban J connectivity index is 1.88. The van der Waals surface area contributed by atoms with Gasteiger partial charge in [0.15, 0.2) is 10.6 Å². The van der Waals surface area contributed by atoms with Crippen LogP contribution in [0.5, 0.6) is 0 Å². The summed E-state index contributed by atoms with van der Waals surface area (Å²) >= 11 is 1.37. The summed E-state index contributed by atoms with van der Waals surface area (Å²) in [6, 6.07) is 16.0. The molecule has 0 bridgehead atoms. The third-order valence-electron chi connectivity index (χ3n) is 4.11. The number of aromatic nitrogens is 3. The fraction of sp³-hybridized carbons (Fsp3) is 0. The minimum atomic E-state index is -0.435. The number of thiazole rings is 1. The average Bonchev–Trinajstić information content (AvgIpc) is 3.18. The predicted molar refractivity (Wildman–Crippen MR) is 110 cm³/mol. The number of nitro benzene ring substituents is 1. The highest BCUT2D eigenvalue weighted by atomic mass is 32.1. The van der Waals surface area contributed by atoms with Crippen molar-refractivity contribution in [1.82, 2.24) is 14.5 Å². The molecule has 2 aromatic carbocycles. The predicted octanol–water partition coefficient (Wildman–Crippen LogP) is 3.83. The molecule has 1 N–H and O–H groups in total. The fourth-order valence-electron chi connectivity index (χ4n) is 2.75. The molecule has 0 spiro atoms. The fourth-order valence-corrected chi connectivity index (χ4v) is 3.66. The van der Waals surface area contributed by atoms with E-state index in [0.29, 0.717) is 16.2 Å². The maximum atomic E-state index is 11.0. The molecule has 0 fully saturated rings. The monoisotopic (exact) mass is 402 g/mol. The van der Waals surface area contributed by atoms with Crippen LogP contribution in [0, 0.1) is 15.5 Å². The first-order valence-corrected chi connectivity index (χ1v) is 9.42. The summed E-state index contributed by atoms with van der Waals surface area (Å²) in [4.78, 5) is 23.6. The average molecular weight is 402 g/mol. The number of nitro groups is 1. The molecule has 0 aliphatic heterocycles. The van der Waals surface area contributed by atoms with Crippen LogP contribution in [0.1, 0.15) is 5.69 Å². The lowest BCUT2D eigenvalue weighted by Gasteiger charge is -2.09. The molecule has 4 rings (SSSR count). The second-order valence-electron chi connectivity index (χ2n) is 5.93. The summed E-state index contributed by atoms with van der Waals surface area (Å²) in [5.41, 5.74) is 2.92. The smallest absolute Gasteiger partial charge is 0.269 e. The number of hydrogen-bond donors (Lipinski definition) is 1. The van der Waals surface area contributed by atoms with Gasteiger partial charge < -0.3 is 0 Å². The van der Waals surface area contributed by atoms with Crippen LogP contribution in [0.25, 0.3) is 16.9 Å². The van der Waals surface area contributed by atoms with Crippen LogP contribution in [0.4, 0.5) is 5.69 Å². The minimum Gasteiger partial charge on any atom is -0.285 e. The minimum absolute atomic E-state index is 0.0108. The molecular formula is C20H14N6O2S. The van der Waals surface area contributed by atoms with Gasteiger partial charge in [-0.3, -0.25) is 25.1 Å². The van der Waals surface area contributed by atoms with Crippen molar-refractivity contribution in [3.8, 4) is 16.9 Å². The van der Waals surface area contributed by atoms with Crippen LogP contribution in [-0.4, -0.2) is 25.3 Å². The molecule has 8 nitrogen and oxygen atoms in total. The summed E-state index contributed by atoms with van der Waals surface area (Å²) in [6.45, 7) is 0. The van der Waals surface area contributed by atoms with Gasteiger partial charge in [-0.15, -0.1) is 11.3 Å². The van der Waals surface area contributed by atoms with Gasteiger partial charge in [0, 0.05) is 35.6 Å². The Bertz CT molecular complexity index is 1230. The topological polar surface area (TPSA) is 110 Å². The van der Waals surface area contributed by atoms with E-state index in [4.69, 9.17) is 5.41 Å². The van der Waals surface area contributed by atoms with Crippen LogP contribution in [0.15, 0.2) is 83.6 Å². The molecule has 2 heterocycles. The maximum Gasteiger partial charge on any atom is 0.269 e. The highest BCUT2D eigenvalue weighted by Gasteiger charge is 2.13. The van der Waals surface area contributed by atoms with Crippen LogP contribution >= 0.6 is 11.3 Å². The summed E-state index contributed by atoms with van der Waals surface area (Å²) < 4.78 is 1.87. The van der Waals surface area contributed by atoms with Gasteiger partial charge in [0.2, 0.25) is 0 Å². The van der Waals surface area contributed by atoms with Crippen molar-refractivity contribution in [2.24, 2.45) is 4.99 Å². The number of nitrogens with one attached hydrogen (secondary N) is 1. The lowest BCUT2D eigenvalue weighted by atomic mass is 10.1. The SMILES string of the molecule is N=C(N=c1scc(-c2ccccc2)n1-c1ccc([N+](=O)[O-])cc1)c1cnccn1. The van der Waals surface area contributed by atoms with Gasteiger partial charge in [0.05, 0.1) is 16.8 Å². The second kappa shape index (κ2) is 7.95. The van der Waals surface area contributed by atoms with Gasteiger partial charge in [-0.25, -0.2) is 4.98 Å². The number of amidine groups is 1. The van der Waals surface area contributed by atoms with Gasteiger partial charge >= 0.3 is 0 Å². The van der Waals surface area contributed by atoms with E-state index in [9.17, 15) is 10.1 Å². The van der Waals surface area contributed by atoms with E-state index >= 15 is 0 Å². The highest BCUT2D eigenvalue weighted by molar-refractivity contribution is 7.07. The molecular weight excluding hydrogens is 388 g/mol. The van der Waals surface area contributed by atoms with Crippen molar-refractivity contribution in [1.29, 1.82) is 5.41 Å². The molecule has 0 saturated heterocycles. The van der Waals surface area contributed by atoms with Gasteiger partial charge in [0.25, 0.3) is 5.69 Å². The van der Waals surface area contributed by atoms with Crippen LogP contribution < -0.4 is 4.80 Å². The molecule has 0 radical (unpaired) electrons. The largest absolute Gasteiger partial charge is 0.285 e. The molecule has 0 saturated carbocycles. The lowest BCUT2D eigenvalue weighted by Crippen LogP contribution is -2.17. The Hall–Kier alpha value is -3.98.